The van der Waals surface area contributed by atoms with Crippen LogP contribution in [0.4, 0.5) is 13.2 Å². The molecule has 2 unspecified atom stereocenters. The molecular weight excluding hydrogens is 534 g/mol. The van der Waals surface area contributed by atoms with Crippen LogP contribution in [0.15, 0.2) is 41.7 Å². The quantitative estimate of drug-likeness (QED) is 0.317. The number of hydrogen-bond acceptors (Lipinski definition) is 3. The van der Waals surface area contributed by atoms with Crippen molar-refractivity contribution in [2.75, 3.05) is 32.8 Å². The van der Waals surface area contributed by atoms with E-state index in [1.165, 1.54) is 12.1 Å². The molecule has 6 nitrogen and oxygen atoms in total. The number of halogens is 4. The van der Waals surface area contributed by atoms with Crippen LogP contribution in [0.25, 0.3) is 0 Å². The number of ether oxygens (including phenoxy) is 1. The van der Waals surface area contributed by atoms with Gasteiger partial charge in [0.2, 0.25) is 0 Å². The van der Waals surface area contributed by atoms with E-state index in [0.717, 1.165) is 30.7 Å². The van der Waals surface area contributed by atoms with E-state index in [1.807, 2.05) is 33.3 Å². The molecule has 0 spiro atoms. The van der Waals surface area contributed by atoms with E-state index in [0.29, 0.717) is 31.7 Å². The fourth-order valence-corrected chi connectivity index (χ4v) is 3.63. The Bertz CT molecular complexity index is 886. The smallest absolute Gasteiger partial charge is 0.370 e. The number of nitrogens with one attached hydrogen (secondary N) is 1. The third kappa shape index (κ3) is 7.09. The first kappa shape index (κ1) is 26.4. The topological polar surface area (TPSA) is 54.7 Å². The van der Waals surface area contributed by atoms with Gasteiger partial charge in [0.15, 0.2) is 5.96 Å². The maximum absolute atomic E-state index is 13.0. The van der Waals surface area contributed by atoms with Crippen molar-refractivity contribution < 1.29 is 17.9 Å². The summed E-state index contributed by atoms with van der Waals surface area (Å²) in [6.07, 6.45) is 0.0272. The SMILES string of the molecule is CCNC(=NCCC(C)c1cccc(C(F)(F)F)c1)N1CCOC(c2cnn(C)c2)C1.I. The molecule has 0 aliphatic carbocycles. The van der Waals surface area contributed by atoms with Crippen LogP contribution >= 0.6 is 24.0 Å². The number of aryl methyl sites for hydroxylation is 1. The molecule has 2 aromatic rings. The predicted octanol–water partition coefficient (Wildman–Crippen LogP) is 4.59. The third-order valence-corrected chi connectivity index (χ3v) is 5.40. The van der Waals surface area contributed by atoms with Crippen molar-refractivity contribution in [2.45, 2.75) is 38.5 Å². The van der Waals surface area contributed by atoms with Gasteiger partial charge in [-0.15, -0.1) is 24.0 Å². The van der Waals surface area contributed by atoms with Gasteiger partial charge in [-0.25, -0.2) is 0 Å². The Labute approximate surface area is 204 Å². The van der Waals surface area contributed by atoms with E-state index in [1.54, 1.807) is 10.7 Å². The number of hydrogen-bond donors (Lipinski definition) is 1. The predicted molar refractivity (Wildman–Crippen MR) is 129 cm³/mol. The van der Waals surface area contributed by atoms with Gasteiger partial charge in [-0.05, 0) is 30.9 Å². The zero-order valence-electron chi connectivity index (χ0n) is 18.6. The summed E-state index contributed by atoms with van der Waals surface area (Å²) >= 11 is 0. The first-order valence-electron chi connectivity index (χ1n) is 10.6. The third-order valence-electron chi connectivity index (χ3n) is 5.40. The molecule has 1 N–H and O–H groups in total. The summed E-state index contributed by atoms with van der Waals surface area (Å²) in [5.41, 5.74) is 1.10. The van der Waals surface area contributed by atoms with Crippen LogP contribution in [0.1, 0.15) is 49.0 Å². The number of morpholine rings is 1. The highest BCUT2D eigenvalue weighted by molar-refractivity contribution is 14.0. The van der Waals surface area contributed by atoms with Crippen molar-refractivity contribution in [2.24, 2.45) is 12.0 Å². The molecule has 0 saturated carbocycles. The molecule has 1 aromatic carbocycles. The Hall–Kier alpha value is -1.82. The minimum atomic E-state index is -4.33. The second-order valence-corrected chi connectivity index (χ2v) is 7.80. The van der Waals surface area contributed by atoms with Crippen LogP contribution in [0.3, 0.4) is 0 Å². The van der Waals surface area contributed by atoms with Crippen molar-refractivity contribution in [3.8, 4) is 0 Å². The zero-order chi connectivity index (χ0) is 22.4. The van der Waals surface area contributed by atoms with E-state index in [-0.39, 0.29) is 36.0 Å². The van der Waals surface area contributed by atoms with Crippen LogP contribution in [-0.4, -0.2) is 53.4 Å². The highest BCUT2D eigenvalue weighted by atomic mass is 127. The van der Waals surface area contributed by atoms with Crippen LogP contribution in [0, 0.1) is 0 Å². The molecule has 2 heterocycles. The molecule has 1 fully saturated rings. The summed E-state index contributed by atoms with van der Waals surface area (Å²) in [6.45, 7) is 7.19. The Morgan fingerprint density at radius 3 is 2.81 bits per heavy atom. The number of nitrogens with zero attached hydrogens (tertiary/aromatic N) is 4. The number of aromatic nitrogens is 2. The second-order valence-electron chi connectivity index (χ2n) is 7.80. The standard InChI is InChI=1S/C22H30F3N5O.HI/c1-4-26-21(30-10-11-31-20(15-30)18-13-28-29(3)14-18)27-9-8-16(2)17-6-5-7-19(12-17)22(23,24)25;/h5-7,12-14,16,20H,4,8-11,15H2,1-3H3,(H,26,27);1H. The van der Waals surface area contributed by atoms with Gasteiger partial charge < -0.3 is 15.0 Å². The number of rotatable bonds is 6. The summed E-state index contributed by atoms with van der Waals surface area (Å²) in [5, 5.41) is 7.54. The van der Waals surface area contributed by atoms with Crippen LogP contribution in [0.5, 0.6) is 0 Å². The molecule has 1 aromatic heterocycles. The molecule has 178 valence electrons. The Balaban J connectivity index is 0.00000363. The Kier molecular flexibility index (Phi) is 9.81. The van der Waals surface area contributed by atoms with E-state index >= 15 is 0 Å². The monoisotopic (exact) mass is 565 g/mol. The van der Waals surface area contributed by atoms with Gasteiger partial charge in [0.1, 0.15) is 6.10 Å². The average Bonchev–Trinajstić information content (AvgIpc) is 3.19. The van der Waals surface area contributed by atoms with Gasteiger partial charge in [-0.2, -0.15) is 18.3 Å². The Morgan fingerprint density at radius 2 is 2.16 bits per heavy atom. The molecule has 0 radical (unpaired) electrons. The van der Waals surface area contributed by atoms with E-state index in [4.69, 9.17) is 9.73 Å². The molecule has 1 aliphatic heterocycles. The first-order valence-corrected chi connectivity index (χ1v) is 10.6. The fraction of sp³-hybridized carbons (Fsp3) is 0.545. The first-order chi connectivity index (χ1) is 14.8. The van der Waals surface area contributed by atoms with Gasteiger partial charge in [-0.3, -0.25) is 9.67 Å². The average molecular weight is 565 g/mol. The van der Waals surface area contributed by atoms with Crippen LogP contribution in [-0.2, 0) is 18.0 Å². The number of alkyl halides is 3. The molecule has 32 heavy (non-hydrogen) atoms. The van der Waals surface area contributed by atoms with Gasteiger partial charge in [-0.1, -0.05) is 25.1 Å². The molecule has 1 aliphatic rings. The highest BCUT2D eigenvalue weighted by Crippen LogP contribution is 2.31. The van der Waals surface area contributed by atoms with Gasteiger partial charge >= 0.3 is 6.18 Å². The van der Waals surface area contributed by atoms with Gasteiger partial charge in [0.25, 0.3) is 0 Å². The molecule has 10 heteroatoms. The lowest BCUT2D eigenvalue weighted by Gasteiger charge is -2.34. The summed E-state index contributed by atoms with van der Waals surface area (Å²) in [7, 11) is 1.88. The highest BCUT2D eigenvalue weighted by Gasteiger charge is 2.30. The van der Waals surface area contributed by atoms with E-state index < -0.39 is 11.7 Å². The molecule has 1 saturated heterocycles. The van der Waals surface area contributed by atoms with Crippen molar-refractivity contribution in [1.82, 2.24) is 20.0 Å². The lowest BCUT2D eigenvalue weighted by molar-refractivity contribution is -0.137. The van der Waals surface area contributed by atoms with E-state index in [2.05, 4.69) is 15.3 Å². The fourth-order valence-electron chi connectivity index (χ4n) is 3.63. The maximum Gasteiger partial charge on any atom is 0.416 e. The normalized spacial score (nSPS) is 18.2. The zero-order valence-corrected chi connectivity index (χ0v) is 20.9. The van der Waals surface area contributed by atoms with Crippen molar-refractivity contribution in [1.29, 1.82) is 0 Å². The van der Waals surface area contributed by atoms with Gasteiger partial charge in [0, 0.05) is 38.4 Å². The number of benzene rings is 1. The summed E-state index contributed by atoms with van der Waals surface area (Å²) < 4.78 is 46.6. The molecule has 0 bridgehead atoms. The Morgan fingerprint density at radius 1 is 1.38 bits per heavy atom. The largest absolute Gasteiger partial charge is 0.416 e. The summed E-state index contributed by atoms with van der Waals surface area (Å²) in [5.74, 6) is 0.776. The van der Waals surface area contributed by atoms with Crippen molar-refractivity contribution in [3.63, 3.8) is 0 Å². The number of aliphatic imine (C=N–C) groups is 1. The summed E-state index contributed by atoms with van der Waals surface area (Å²) in [6, 6.07) is 5.55. The minimum Gasteiger partial charge on any atom is -0.370 e. The van der Waals surface area contributed by atoms with Crippen LogP contribution in [0.2, 0.25) is 0 Å². The molecule has 2 atom stereocenters. The molecule has 0 amide bonds. The molecule has 3 rings (SSSR count). The summed E-state index contributed by atoms with van der Waals surface area (Å²) in [4.78, 5) is 6.91. The maximum atomic E-state index is 13.0. The lowest BCUT2D eigenvalue weighted by Crippen LogP contribution is -2.48. The van der Waals surface area contributed by atoms with E-state index in [9.17, 15) is 13.2 Å². The minimum absolute atomic E-state index is 0. The van der Waals surface area contributed by atoms with Crippen LogP contribution < -0.4 is 5.32 Å². The van der Waals surface area contributed by atoms with Gasteiger partial charge in [0.05, 0.1) is 24.9 Å². The van der Waals surface area contributed by atoms with Crippen molar-refractivity contribution in [3.05, 3.63) is 53.3 Å². The van der Waals surface area contributed by atoms with Crippen molar-refractivity contribution >= 4 is 29.9 Å². The molecular formula is C22H31F3IN5O. The number of guanidine groups is 1. The lowest BCUT2D eigenvalue weighted by atomic mass is 9.96. The second kappa shape index (κ2) is 11.9.